The standard InChI is InChI=1S/C18H27NO/c1-14-6-8-15(9-7-14)10-11-19-12-16-13-20-18-5-3-2-4-17(16)18/h2-5,14-16,19H,6-13H2,1H3. The third kappa shape index (κ3) is 3.35. The normalized spacial score (nSPS) is 28.9. The molecule has 0 amide bonds. The van der Waals surface area contributed by atoms with Crippen molar-refractivity contribution >= 4 is 0 Å². The van der Waals surface area contributed by atoms with E-state index in [9.17, 15) is 0 Å². The highest BCUT2D eigenvalue weighted by atomic mass is 16.5. The van der Waals surface area contributed by atoms with Crippen LogP contribution in [0.25, 0.3) is 0 Å². The highest BCUT2D eigenvalue weighted by molar-refractivity contribution is 5.39. The van der Waals surface area contributed by atoms with Crippen LogP contribution >= 0.6 is 0 Å². The van der Waals surface area contributed by atoms with Crippen molar-refractivity contribution in [2.75, 3.05) is 19.7 Å². The first-order valence-corrected chi connectivity index (χ1v) is 8.25. The summed E-state index contributed by atoms with van der Waals surface area (Å²) < 4.78 is 5.73. The molecule has 0 aromatic heterocycles. The Hall–Kier alpha value is -1.02. The second-order valence-corrected chi connectivity index (χ2v) is 6.66. The maximum Gasteiger partial charge on any atom is 0.122 e. The fraction of sp³-hybridized carbons (Fsp3) is 0.667. The summed E-state index contributed by atoms with van der Waals surface area (Å²) in [5.41, 5.74) is 1.38. The molecule has 1 unspecified atom stereocenters. The summed E-state index contributed by atoms with van der Waals surface area (Å²) in [5.74, 6) is 3.55. The van der Waals surface area contributed by atoms with Gasteiger partial charge in [0.05, 0.1) is 6.61 Å². The number of fused-ring (bicyclic) bond motifs is 1. The molecule has 110 valence electrons. The maximum absolute atomic E-state index is 5.73. The Morgan fingerprint density at radius 3 is 2.80 bits per heavy atom. The van der Waals surface area contributed by atoms with Crippen LogP contribution in [-0.2, 0) is 0 Å². The molecule has 0 spiro atoms. The summed E-state index contributed by atoms with van der Waals surface area (Å²) in [6.07, 6.45) is 7.11. The molecule has 20 heavy (non-hydrogen) atoms. The third-order valence-electron chi connectivity index (χ3n) is 5.05. The summed E-state index contributed by atoms with van der Waals surface area (Å²) in [6, 6.07) is 8.46. The van der Waals surface area contributed by atoms with Crippen molar-refractivity contribution in [3.8, 4) is 5.75 Å². The third-order valence-corrected chi connectivity index (χ3v) is 5.05. The molecule has 1 atom stereocenters. The number of ether oxygens (including phenoxy) is 1. The highest BCUT2D eigenvalue weighted by Crippen LogP contribution is 2.33. The quantitative estimate of drug-likeness (QED) is 0.820. The van der Waals surface area contributed by atoms with Gasteiger partial charge in [-0.3, -0.25) is 0 Å². The lowest BCUT2D eigenvalue weighted by Crippen LogP contribution is -2.25. The first-order chi connectivity index (χ1) is 9.83. The van der Waals surface area contributed by atoms with Crippen LogP contribution in [0.3, 0.4) is 0 Å². The van der Waals surface area contributed by atoms with Gasteiger partial charge in [0.25, 0.3) is 0 Å². The van der Waals surface area contributed by atoms with Gasteiger partial charge in [0, 0.05) is 18.0 Å². The number of hydrogen-bond acceptors (Lipinski definition) is 2. The molecule has 1 aromatic carbocycles. The average molecular weight is 273 g/mol. The van der Waals surface area contributed by atoms with Crippen LogP contribution in [0.15, 0.2) is 24.3 Å². The van der Waals surface area contributed by atoms with E-state index in [0.717, 1.165) is 37.3 Å². The lowest BCUT2D eigenvalue weighted by atomic mass is 9.81. The van der Waals surface area contributed by atoms with E-state index in [1.807, 2.05) is 0 Å². The van der Waals surface area contributed by atoms with E-state index in [1.54, 1.807) is 0 Å². The van der Waals surface area contributed by atoms with E-state index in [0.29, 0.717) is 5.92 Å². The zero-order chi connectivity index (χ0) is 13.8. The highest BCUT2D eigenvalue weighted by Gasteiger charge is 2.23. The number of rotatable bonds is 5. The van der Waals surface area contributed by atoms with E-state index in [2.05, 4.69) is 36.5 Å². The van der Waals surface area contributed by atoms with Crippen molar-refractivity contribution in [3.63, 3.8) is 0 Å². The van der Waals surface area contributed by atoms with Gasteiger partial charge >= 0.3 is 0 Å². The van der Waals surface area contributed by atoms with Crippen molar-refractivity contribution in [2.24, 2.45) is 11.8 Å². The van der Waals surface area contributed by atoms with Gasteiger partial charge in [-0.15, -0.1) is 0 Å². The van der Waals surface area contributed by atoms with Gasteiger partial charge in [-0.2, -0.15) is 0 Å². The van der Waals surface area contributed by atoms with Gasteiger partial charge in [-0.25, -0.2) is 0 Å². The van der Waals surface area contributed by atoms with Crippen LogP contribution in [0.5, 0.6) is 5.75 Å². The van der Waals surface area contributed by atoms with E-state index in [4.69, 9.17) is 4.74 Å². The fourth-order valence-corrected chi connectivity index (χ4v) is 3.60. The zero-order valence-corrected chi connectivity index (χ0v) is 12.6. The zero-order valence-electron chi connectivity index (χ0n) is 12.6. The van der Waals surface area contributed by atoms with Gasteiger partial charge in [-0.1, -0.05) is 50.8 Å². The fourth-order valence-electron chi connectivity index (χ4n) is 3.60. The predicted molar refractivity (Wildman–Crippen MR) is 83.3 cm³/mol. The molecular weight excluding hydrogens is 246 g/mol. The van der Waals surface area contributed by atoms with E-state index < -0.39 is 0 Å². The maximum atomic E-state index is 5.73. The minimum absolute atomic E-state index is 0.539. The van der Waals surface area contributed by atoms with Crippen LogP contribution in [0.1, 0.15) is 50.5 Å². The van der Waals surface area contributed by atoms with Gasteiger partial charge in [0.2, 0.25) is 0 Å². The molecule has 1 aliphatic heterocycles. The largest absolute Gasteiger partial charge is 0.493 e. The molecule has 0 saturated heterocycles. The first kappa shape index (κ1) is 13.9. The van der Waals surface area contributed by atoms with E-state index >= 15 is 0 Å². The molecule has 0 bridgehead atoms. The molecule has 1 saturated carbocycles. The monoisotopic (exact) mass is 273 g/mol. The van der Waals surface area contributed by atoms with Crippen LogP contribution in [0, 0.1) is 11.8 Å². The molecule has 1 fully saturated rings. The van der Waals surface area contributed by atoms with Crippen molar-refractivity contribution < 1.29 is 4.74 Å². The second kappa shape index (κ2) is 6.62. The Labute approximate surface area is 122 Å². The van der Waals surface area contributed by atoms with Crippen molar-refractivity contribution in [1.82, 2.24) is 5.32 Å². The molecule has 1 aromatic rings. The van der Waals surface area contributed by atoms with Crippen molar-refractivity contribution in [3.05, 3.63) is 29.8 Å². The van der Waals surface area contributed by atoms with Crippen molar-refractivity contribution in [2.45, 2.75) is 44.9 Å². The number of para-hydroxylation sites is 1. The minimum Gasteiger partial charge on any atom is -0.493 e. The van der Waals surface area contributed by atoms with Gasteiger partial charge in [0.1, 0.15) is 5.75 Å². The molecule has 1 N–H and O–H groups in total. The summed E-state index contributed by atoms with van der Waals surface area (Å²) >= 11 is 0. The predicted octanol–water partition coefficient (Wildman–Crippen LogP) is 3.97. The van der Waals surface area contributed by atoms with Crippen LogP contribution in [0.4, 0.5) is 0 Å². The Morgan fingerprint density at radius 1 is 1.15 bits per heavy atom. The van der Waals surface area contributed by atoms with E-state index in [-0.39, 0.29) is 0 Å². The summed E-state index contributed by atoms with van der Waals surface area (Å²) in [5, 5.41) is 3.65. The lowest BCUT2D eigenvalue weighted by molar-refractivity contribution is 0.273. The Kier molecular flexibility index (Phi) is 4.62. The van der Waals surface area contributed by atoms with Crippen LogP contribution in [-0.4, -0.2) is 19.7 Å². The number of nitrogens with one attached hydrogen (secondary N) is 1. The number of hydrogen-bond donors (Lipinski definition) is 1. The van der Waals surface area contributed by atoms with Gasteiger partial charge < -0.3 is 10.1 Å². The number of benzene rings is 1. The minimum atomic E-state index is 0.539. The molecule has 2 nitrogen and oxygen atoms in total. The van der Waals surface area contributed by atoms with Crippen LogP contribution in [0.2, 0.25) is 0 Å². The average Bonchev–Trinajstić information content (AvgIpc) is 2.89. The lowest BCUT2D eigenvalue weighted by Gasteiger charge is -2.26. The summed E-state index contributed by atoms with van der Waals surface area (Å²) in [4.78, 5) is 0. The topological polar surface area (TPSA) is 21.3 Å². The molecule has 1 heterocycles. The Bertz CT molecular complexity index is 423. The van der Waals surface area contributed by atoms with E-state index in [1.165, 1.54) is 37.7 Å². The molecule has 0 radical (unpaired) electrons. The smallest absolute Gasteiger partial charge is 0.122 e. The molecule has 1 aliphatic carbocycles. The SMILES string of the molecule is CC1CCC(CCNCC2COc3ccccc32)CC1. The summed E-state index contributed by atoms with van der Waals surface area (Å²) in [6.45, 7) is 5.46. The Morgan fingerprint density at radius 2 is 1.95 bits per heavy atom. The van der Waals surface area contributed by atoms with Crippen molar-refractivity contribution in [1.29, 1.82) is 0 Å². The van der Waals surface area contributed by atoms with Gasteiger partial charge in [0.15, 0.2) is 0 Å². The van der Waals surface area contributed by atoms with Crippen LogP contribution < -0.4 is 10.1 Å². The van der Waals surface area contributed by atoms with Gasteiger partial charge in [-0.05, 0) is 30.9 Å². The molecule has 2 aliphatic rings. The second-order valence-electron chi connectivity index (χ2n) is 6.66. The first-order valence-electron chi connectivity index (χ1n) is 8.25. The molecule has 3 rings (SSSR count). The molecule has 2 heteroatoms. The summed E-state index contributed by atoms with van der Waals surface area (Å²) in [7, 11) is 0. The Balaban J connectivity index is 1.37. The molecular formula is C18H27NO.